The Balaban J connectivity index is 1.57. The number of anilines is 2. The van der Waals surface area contributed by atoms with Crippen LogP contribution >= 0.6 is 0 Å². The largest absolute Gasteiger partial charge is 0.497 e. The van der Waals surface area contributed by atoms with Crippen LogP contribution in [0, 0.1) is 13.8 Å². The molecule has 0 radical (unpaired) electrons. The van der Waals surface area contributed by atoms with Gasteiger partial charge in [-0.3, -0.25) is 4.90 Å². The van der Waals surface area contributed by atoms with Crippen LogP contribution in [0.2, 0.25) is 0 Å². The average Bonchev–Trinajstić information content (AvgIpc) is 2.89. The lowest BCUT2D eigenvalue weighted by Gasteiger charge is -2.38. The van der Waals surface area contributed by atoms with Crippen molar-refractivity contribution >= 4 is 17.4 Å². The minimum atomic E-state index is -0.0440. The molecular weight excluding hydrogens is 428 g/mol. The summed E-state index contributed by atoms with van der Waals surface area (Å²) in [6, 6.07) is 20.0. The number of rotatable bonds is 6. The number of ether oxygens (including phenoxy) is 2. The number of carbonyl (C=O) groups is 1. The van der Waals surface area contributed by atoms with Crippen molar-refractivity contribution in [1.29, 1.82) is 0 Å². The van der Waals surface area contributed by atoms with Gasteiger partial charge in [-0.05, 0) is 43.2 Å². The minimum Gasteiger partial charge on any atom is -0.497 e. The molecule has 0 N–H and O–H groups in total. The van der Waals surface area contributed by atoms with E-state index in [2.05, 4.69) is 16.0 Å². The van der Waals surface area contributed by atoms with Crippen LogP contribution in [-0.4, -0.2) is 56.3 Å². The number of nitrogens with zero attached hydrogens (tertiary/aromatic N) is 4. The van der Waals surface area contributed by atoms with E-state index in [0.29, 0.717) is 31.2 Å². The fraction of sp³-hybridized carbons (Fsp3) is 0.333. The van der Waals surface area contributed by atoms with Gasteiger partial charge in [-0.1, -0.05) is 36.4 Å². The van der Waals surface area contributed by atoms with Crippen molar-refractivity contribution in [3.8, 4) is 11.6 Å². The normalized spacial score (nSPS) is 13.5. The number of piperazine rings is 1. The zero-order valence-corrected chi connectivity index (χ0v) is 20.3. The van der Waals surface area contributed by atoms with Crippen LogP contribution in [0.1, 0.15) is 16.8 Å². The second kappa shape index (κ2) is 10.5. The predicted molar refractivity (Wildman–Crippen MR) is 135 cm³/mol. The van der Waals surface area contributed by atoms with Gasteiger partial charge in [0.25, 0.3) is 0 Å². The first-order valence-corrected chi connectivity index (χ1v) is 11.5. The fourth-order valence-electron chi connectivity index (χ4n) is 4.17. The number of benzene rings is 2. The van der Waals surface area contributed by atoms with Crippen LogP contribution in [-0.2, 0) is 6.54 Å². The third-order valence-electron chi connectivity index (χ3n) is 6.28. The maximum absolute atomic E-state index is 13.8. The third-order valence-corrected chi connectivity index (χ3v) is 6.28. The number of aryl methyl sites for hydroxylation is 2. The van der Waals surface area contributed by atoms with Crippen LogP contribution in [0.4, 0.5) is 16.2 Å². The van der Waals surface area contributed by atoms with E-state index < -0.39 is 0 Å². The molecule has 1 aromatic heterocycles. The minimum absolute atomic E-state index is 0.0440. The van der Waals surface area contributed by atoms with Gasteiger partial charge < -0.3 is 19.3 Å². The Bertz CT molecular complexity index is 1130. The smallest absolute Gasteiger partial charge is 0.325 e. The van der Waals surface area contributed by atoms with Gasteiger partial charge in [0.15, 0.2) is 0 Å². The molecule has 0 aliphatic carbocycles. The molecule has 1 aliphatic rings. The number of hydrogen-bond donors (Lipinski definition) is 0. The van der Waals surface area contributed by atoms with Gasteiger partial charge in [-0.2, -0.15) is 0 Å². The summed E-state index contributed by atoms with van der Waals surface area (Å²) in [6.07, 6.45) is 0. The topological polar surface area (TPSA) is 58.1 Å². The van der Waals surface area contributed by atoms with Crippen molar-refractivity contribution in [1.82, 2.24) is 9.88 Å². The first-order valence-electron chi connectivity index (χ1n) is 11.5. The molecule has 1 saturated heterocycles. The first-order chi connectivity index (χ1) is 16.5. The summed E-state index contributed by atoms with van der Waals surface area (Å²) >= 11 is 0. The van der Waals surface area contributed by atoms with Crippen LogP contribution in [0.15, 0.2) is 60.7 Å². The van der Waals surface area contributed by atoms with Gasteiger partial charge in [-0.25, -0.2) is 9.78 Å². The SMILES string of the molecule is COc1cccc(N2CCN(C(=O)N(Cc3ccccc3)c3cc(C)c(C)nc3OC)CC2)c1. The molecule has 0 saturated carbocycles. The molecule has 178 valence electrons. The van der Waals surface area contributed by atoms with Crippen molar-refractivity contribution in [3.63, 3.8) is 0 Å². The highest BCUT2D eigenvalue weighted by Crippen LogP contribution is 2.31. The van der Waals surface area contributed by atoms with Gasteiger partial charge in [-0.15, -0.1) is 0 Å². The molecular formula is C27H32N4O3. The monoisotopic (exact) mass is 460 g/mol. The lowest BCUT2D eigenvalue weighted by molar-refractivity contribution is 0.200. The molecule has 0 unspecified atom stereocenters. The molecule has 0 atom stereocenters. The van der Waals surface area contributed by atoms with E-state index in [-0.39, 0.29) is 6.03 Å². The van der Waals surface area contributed by atoms with E-state index in [9.17, 15) is 4.79 Å². The second-order valence-corrected chi connectivity index (χ2v) is 8.45. The Morgan fingerprint density at radius 2 is 1.68 bits per heavy atom. The summed E-state index contributed by atoms with van der Waals surface area (Å²) in [5.74, 6) is 1.29. The Kier molecular flexibility index (Phi) is 7.21. The third kappa shape index (κ3) is 5.09. The van der Waals surface area contributed by atoms with E-state index in [1.165, 1.54) is 0 Å². The molecule has 0 bridgehead atoms. The summed E-state index contributed by atoms with van der Waals surface area (Å²) < 4.78 is 11.0. The van der Waals surface area contributed by atoms with Crippen LogP contribution < -0.4 is 19.3 Å². The fourth-order valence-corrected chi connectivity index (χ4v) is 4.17. The Labute approximate surface area is 201 Å². The predicted octanol–water partition coefficient (Wildman–Crippen LogP) is 4.66. The molecule has 2 amide bonds. The van der Waals surface area contributed by atoms with E-state index in [1.54, 1.807) is 19.1 Å². The van der Waals surface area contributed by atoms with E-state index in [4.69, 9.17) is 9.47 Å². The quantitative estimate of drug-likeness (QED) is 0.535. The number of carbonyl (C=O) groups excluding carboxylic acids is 1. The van der Waals surface area contributed by atoms with Crippen molar-refractivity contribution in [2.75, 3.05) is 50.2 Å². The number of hydrogen-bond acceptors (Lipinski definition) is 5. The molecule has 3 aromatic rings. The van der Waals surface area contributed by atoms with Crippen LogP contribution in [0.3, 0.4) is 0 Å². The highest BCUT2D eigenvalue weighted by atomic mass is 16.5. The molecule has 0 spiro atoms. The molecule has 1 aliphatic heterocycles. The van der Waals surface area contributed by atoms with E-state index >= 15 is 0 Å². The summed E-state index contributed by atoms with van der Waals surface area (Å²) in [5.41, 5.74) is 4.75. The lowest BCUT2D eigenvalue weighted by Crippen LogP contribution is -2.53. The molecule has 4 rings (SSSR count). The highest BCUT2D eigenvalue weighted by molar-refractivity contribution is 5.93. The Morgan fingerprint density at radius 1 is 0.941 bits per heavy atom. The first kappa shape index (κ1) is 23.4. The molecule has 2 heterocycles. The van der Waals surface area contributed by atoms with Crippen molar-refractivity contribution in [2.24, 2.45) is 0 Å². The molecule has 7 nitrogen and oxygen atoms in total. The number of pyridine rings is 1. The van der Waals surface area contributed by atoms with Gasteiger partial charge >= 0.3 is 6.03 Å². The van der Waals surface area contributed by atoms with Gasteiger partial charge in [0, 0.05) is 43.6 Å². The van der Waals surface area contributed by atoms with Crippen molar-refractivity contribution in [3.05, 3.63) is 77.5 Å². The number of urea groups is 1. The maximum atomic E-state index is 13.8. The number of methoxy groups -OCH3 is 2. The van der Waals surface area contributed by atoms with E-state index in [0.717, 1.165) is 41.3 Å². The lowest BCUT2D eigenvalue weighted by atomic mass is 10.1. The molecule has 2 aromatic carbocycles. The van der Waals surface area contributed by atoms with Gasteiger partial charge in [0.05, 0.1) is 20.8 Å². The maximum Gasteiger partial charge on any atom is 0.325 e. The summed E-state index contributed by atoms with van der Waals surface area (Å²) in [6.45, 7) is 7.15. The summed E-state index contributed by atoms with van der Waals surface area (Å²) in [5, 5.41) is 0. The number of aromatic nitrogens is 1. The molecule has 34 heavy (non-hydrogen) atoms. The van der Waals surface area contributed by atoms with E-state index in [1.807, 2.05) is 73.3 Å². The summed E-state index contributed by atoms with van der Waals surface area (Å²) in [4.78, 5) is 24.4. The van der Waals surface area contributed by atoms with Gasteiger partial charge in [0.2, 0.25) is 5.88 Å². The average molecular weight is 461 g/mol. The van der Waals surface area contributed by atoms with Gasteiger partial charge in [0.1, 0.15) is 11.4 Å². The summed E-state index contributed by atoms with van der Waals surface area (Å²) in [7, 11) is 3.27. The Morgan fingerprint density at radius 3 is 2.35 bits per heavy atom. The van der Waals surface area contributed by atoms with Crippen molar-refractivity contribution in [2.45, 2.75) is 20.4 Å². The van der Waals surface area contributed by atoms with Crippen molar-refractivity contribution < 1.29 is 14.3 Å². The second-order valence-electron chi connectivity index (χ2n) is 8.45. The zero-order valence-electron chi connectivity index (χ0n) is 20.3. The Hall–Kier alpha value is -3.74. The van der Waals surface area contributed by atoms with Crippen LogP contribution in [0.25, 0.3) is 0 Å². The highest BCUT2D eigenvalue weighted by Gasteiger charge is 2.29. The van der Waals surface area contributed by atoms with Crippen LogP contribution in [0.5, 0.6) is 11.6 Å². The molecule has 1 fully saturated rings. The number of amides is 2. The molecule has 7 heteroatoms. The standard InChI is InChI=1S/C27H32N4O3/c1-20-17-25(26(34-4)28-21(20)2)31(19-22-9-6-5-7-10-22)27(32)30-15-13-29(14-16-30)23-11-8-12-24(18-23)33-3/h5-12,17-18H,13-16,19H2,1-4H3. The zero-order chi connectivity index (χ0) is 24.1.